The van der Waals surface area contributed by atoms with E-state index in [1.54, 1.807) is 6.07 Å². The molecule has 0 radical (unpaired) electrons. The van der Waals surface area contributed by atoms with E-state index in [0.29, 0.717) is 18.4 Å². The molecule has 1 aromatic carbocycles. The van der Waals surface area contributed by atoms with E-state index in [9.17, 15) is 15.0 Å². The summed E-state index contributed by atoms with van der Waals surface area (Å²) in [6.07, 6.45) is 3.07. The van der Waals surface area contributed by atoms with Crippen molar-refractivity contribution in [3.63, 3.8) is 0 Å². The van der Waals surface area contributed by atoms with Gasteiger partial charge in [-0.25, -0.2) is 0 Å². The minimum atomic E-state index is -0.880. The Bertz CT molecular complexity index is 457. The van der Waals surface area contributed by atoms with Crippen molar-refractivity contribution < 1.29 is 15.0 Å². The fraction of sp³-hybridized carbons (Fsp3) is 0.533. The van der Waals surface area contributed by atoms with E-state index >= 15 is 0 Å². The smallest absolute Gasteiger partial charge is 0.314 e. The molecule has 0 heterocycles. The molecule has 3 heteroatoms. The second-order valence-electron chi connectivity index (χ2n) is 5.49. The number of benzene rings is 1. The molecule has 0 amide bonds. The zero-order valence-electron chi connectivity index (χ0n) is 10.9. The predicted molar refractivity (Wildman–Crippen MR) is 70.0 cm³/mol. The summed E-state index contributed by atoms with van der Waals surface area (Å²) < 4.78 is 0. The zero-order chi connectivity index (χ0) is 13.3. The molecule has 0 aromatic heterocycles. The third-order valence-electron chi connectivity index (χ3n) is 4.07. The van der Waals surface area contributed by atoms with Crippen LogP contribution in [0.15, 0.2) is 18.2 Å². The first-order chi connectivity index (χ1) is 8.49. The topological polar surface area (TPSA) is 57.5 Å². The highest BCUT2D eigenvalue weighted by atomic mass is 16.4. The van der Waals surface area contributed by atoms with Crippen molar-refractivity contribution in [3.05, 3.63) is 29.3 Å². The number of hydrogen-bond donors (Lipinski definition) is 2. The van der Waals surface area contributed by atoms with Gasteiger partial charge < -0.3 is 10.2 Å². The van der Waals surface area contributed by atoms with Gasteiger partial charge in [-0.05, 0) is 24.3 Å². The molecule has 0 bridgehead atoms. The van der Waals surface area contributed by atoms with Gasteiger partial charge in [-0.15, -0.1) is 0 Å². The van der Waals surface area contributed by atoms with E-state index in [4.69, 9.17) is 0 Å². The van der Waals surface area contributed by atoms with Crippen LogP contribution in [0.3, 0.4) is 0 Å². The Balaban J connectivity index is 2.56. The van der Waals surface area contributed by atoms with Crippen LogP contribution in [0.25, 0.3) is 0 Å². The molecule has 1 aromatic rings. The van der Waals surface area contributed by atoms with Crippen molar-refractivity contribution in [2.24, 2.45) is 0 Å². The molecule has 0 saturated heterocycles. The molecule has 2 rings (SSSR count). The molecular formula is C15H20O3. The van der Waals surface area contributed by atoms with Crippen LogP contribution in [-0.2, 0) is 10.2 Å². The number of aliphatic carboxylic acids is 1. The largest absolute Gasteiger partial charge is 0.507 e. The van der Waals surface area contributed by atoms with Crippen molar-refractivity contribution in [2.75, 3.05) is 0 Å². The van der Waals surface area contributed by atoms with E-state index in [-0.39, 0.29) is 11.7 Å². The highest BCUT2D eigenvalue weighted by Gasteiger charge is 2.44. The maximum absolute atomic E-state index is 11.6. The molecule has 98 valence electrons. The minimum Gasteiger partial charge on any atom is -0.507 e. The van der Waals surface area contributed by atoms with Gasteiger partial charge in [0.15, 0.2) is 0 Å². The highest BCUT2D eigenvalue weighted by Crippen LogP contribution is 2.46. The third-order valence-corrected chi connectivity index (χ3v) is 4.07. The van der Waals surface area contributed by atoms with Gasteiger partial charge in [-0.1, -0.05) is 44.9 Å². The first kappa shape index (κ1) is 12.9. The van der Waals surface area contributed by atoms with E-state index < -0.39 is 11.4 Å². The quantitative estimate of drug-likeness (QED) is 0.861. The molecule has 1 saturated carbocycles. The number of carboxylic acid groups (broad SMARTS) is 1. The van der Waals surface area contributed by atoms with Gasteiger partial charge in [0.2, 0.25) is 0 Å². The van der Waals surface area contributed by atoms with Crippen molar-refractivity contribution >= 4 is 5.97 Å². The lowest BCUT2D eigenvalue weighted by molar-refractivity contribution is -0.143. The SMILES string of the molecule is CC(C)c1cccc(C2(C(=O)O)CCCC2)c1O. The average Bonchev–Trinajstić information content (AvgIpc) is 2.79. The van der Waals surface area contributed by atoms with Crippen LogP contribution in [0.1, 0.15) is 56.6 Å². The lowest BCUT2D eigenvalue weighted by atomic mass is 9.77. The fourth-order valence-electron chi connectivity index (χ4n) is 2.99. The van der Waals surface area contributed by atoms with Crippen LogP contribution in [-0.4, -0.2) is 16.2 Å². The summed E-state index contributed by atoms with van der Waals surface area (Å²) in [5.74, 6) is -0.440. The second kappa shape index (κ2) is 4.63. The van der Waals surface area contributed by atoms with Gasteiger partial charge in [0.1, 0.15) is 5.75 Å². The Morgan fingerprint density at radius 3 is 2.39 bits per heavy atom. The van der Waals surface area contributed by atoms with Crippen molar-refractivity contribution in [3.8, 4) is 5.75 Å². The summed E-state index contributed by atoms with van der Waals surface area (Å²) in [5, 5.41) is 19.9. The molecule has 1 aliphatic rings. The molecule has 0 aliphatic heterocycles. The number of hydrogen-bond acceptors (Lipinski definition) is 2. The maximum atomic E-state index is 11.6. The molecular weight excluding hydrogens is 228 g/mol. The molecule has 0 spiro atoms. The number of carboxylic acids is 1. The Labute approximate surface area is 107 Å². The van der Waals surface area contributed by atoms with Crippen molar-refractivity contribution in [1.29, 1.82) is 0 Å². The Kier molecular flexibility index (Phi) is 3.33. The van der Waals surface area contributed by atoms with Gasteiger partial charge in [0.25, 0.3) is 0 Å². The first-order valence-corrected chi connectivity index (χ1v) is 6.55. The monoisotopic (exact) mass is 248 g/mol. The summed E-state index contributed by atoms with van der Waals surface area (Å²) in [4.78, 5) is 11.6. The standard InChI is InChI=1S/C15H20O3/c1-10(2)11-6-5-7-12(13(11)16)15(14(17)18)8-3-4-9-15/h5-7,10,16H,3-4,8-9H2,1-2H3,(H,17,18). The molecule has 0 unspecified atom stereocenters. The van der Waals surface area contributed by atoms with Gasteiger partial charge in [0, 0.05) is 5.56 Å². The van der Waals surface area contributed by atoms with Crippen LogP contribution in [0, 0.1) is 0 Å². The number of phenolic OH excluding ortho intramolecular Hbond substituents is 1. The Morgan fingerprint density at radius 1 is 1.28 bits per heavy atom. The lowest BCUT2D eigenvalue weighted by Gasteiger charge is -2.26. The van der Waals surface area contributed by atoms with Crippen LogP contribution >= 0.6 is 0 Å². The fourth-order valence-corrected chi connectivity index (χ4v) is 2.99. The molecule has 18 heavy (non-hydrogen) atoms. The van der Waals surface area contributed by atoms with Crippen LogP contribution < -0.4 is 0 Å². The molecule has 2 N–H and O–H groups in total. The summed E-state index contributed by atoms with van der Waals surface area (Å²) in [6.45, 7) is 4.00. The summed E-state index contributed by atoms with van der Waals surface area (Å²) in [7, 11) is 0. The average molecular weight is 248 g/mol. The van der Waals surface area contributed by atoms with E-state index in [1.165, 1.54) is 0 Å². The van der Waals surface area contributed by atoms with Crippen molar-refractivity contribution in [2.45, 2.75) is 50.9 Å². The number of aromatic hydroxyl groups is 1. The number of carbonyl (C=O) groups is 1. The maximum Gasteiger partial charge on any atom is 0.314 e. The summed E-state index contributed by atoms with van der Waals surface area (Å²) >= 11 is 0. The zero-order valence-corrected chi connectivity index (χ0v) is 10.9. The van der Waals surface area contributed by atoms with Crippen LogP contribution in [0.2, 0.25) is 0 Å². The minimum absolute atomic E-state index is 0.178. The Hall–Kier alpha value is -1.51. The summed E-state index contributed by atoms with van der Waals surface area (Å²) in [5.41, 5.74) is 0.549. The van der Waals surface area contributed by atoms with Crippen LogP contribution in [0.5, 0.6) is 5.75 Å². The normalized spacial score (nSPS) is 18.2. The third kappa shape index (κ3) is 1.88. The first-order valence-electron chi connectivity index (χ1n) is 6.55. The van der Waals surface area contributed by atoms with Gasteiger partial charge in [0.05, 0.1) is 5.41 Å². The van der Waals surface area contributed by atoms with Crippen LogP contribution in [0.4, 0.5) is 0 Å². The van der Waals surface area contributed by atoms with E-state index in [0.717, 1.165) is 18.4 Å². The van der Waals surface area contributed by atoms with E-state index in [2.05, 4.69) is 0 Å². The second-order valence-corrected chi connectivity index (χ2v) is 5.49. The lowest BCUT2D eigenvalue weighted by Crippen LogP contribution is -2.32. The van der Waals surface area contributed by atoms with Gasteiger partial charge >= 0.3 is 5.97 Å². The highest BCUT2D eigenvalue weighted by molar-refractivity contribution is 5.83. The molecule has 1 aliphatic carbocycles. The predicted octanol–water partition coefficient (Wildman–Crippen LogP) is 3.41. The molecule has 1 fully saturated rings. The number of rotatable bonds is 3. The van der Waals surface area contributed by atoms with Gasteiger partial charge in [-0.3, -0.25) is 4.79 Å². The molecule has 3 nitrogen and oxygen atoms in total. The Morgan fingerprint density at radius 2 is 1.89 bits per heavy atom. The number of para-hydroxylation sites is 1. The summed E-state index contributed by atoms with van der Waals surface area (Å²) in [6, 6.07) is 5.49. The van der Waals surface area contributed by atoms with Gasteiger partial charge in [-0.2, -0.15) is 0 Å². The van der Waals surface area contributed by atoms with E-state index in [1.807, 2.05) is 26.0 Å². The molecule has 0 atom stereocenters. The van der Waals surface area contributed by atoms with Crippen molar-refractivity contribution in [1.82, 2.24) is 0 Å². The number of phenols is 1.